The van der Waals surface area contributed by atoms with Crippen molar-refractivity contribution in [3.63, 3.8) is 0 Å². The molecule has 1 aliphatic rings. The molecule has 0 fully saturated rings. The predicted molar refractivity (Wildman–Crippen MR) is 112 cm³/mol. The molecule has 1 aromatic carbocycles. The first-order valence-electron chi connectivity index (χ1n) is 9.10. The van der Waals surface area contributed by atoms with E-state index in [4.69, 9.17) is 5.73 Å². The van der Waals surface area contributed by atoms with Gasteiger partial charge < -0.3 is 15.8 Å². The van der Waals surface area contributed by atoms with E-state index >= 15 is 0 Å². The molecule has 0 saturated heterocycles. The van der Waals surface area contributed by atoms with Gasteiger partial charge in [-0.25, -0.2) is 31.5 Å². The molecule has 0 saturated carbocycles. The normalized spacial score (nSPS) is 17.3. The molecule has 12 heteroatoms. The van der Waals surface area contributed by atoms with Gasteiger partial charge in [-0.1, -0.05) is 0 Å². The van der Waals surface area contributed by atoms with Crippen molar-refractivity contribution >= 4 is 27.6 Å². The van der Waals surface area contributed by atoms with Crippen LogP contribution < -0.4 is 11.1 Å². The number of rotatable bonds is 4. The van der Waals surface area contributed by atoms with Crippen LogP contribution in [-0.4, -0.2) is 56.1 Å². The number of sulfonamides is 1. The van der Waals surface area contributed by atoms with E-state index in [0.29, 0.717) is 0 Å². The Morgan fingerprint density at radius 2 is 2.00 bits per heavy atom. The van der Waals surface area contributed by atoms with Gasteiger partial charge >= 0.3 is 0 Å². The molecule has 3 rings (SSSR count). The topological polar surface area (TPSA) is 127 Å². The number of carbonyl (C=O) groups is 1. The number of hydrogen-bond acceptors (Lipinski definition) is 7. The lowest BCUT2D eigenvalue weighted by Crippen LogP contribution is -2.45. The minimum Gasteiger partial charge on any atom is -0.385 e. The number of aromatic nitrogens is 1. The molecule has 1 atom stereocenters. The number of carbonyl (C=O) groups excluding carboxylic acids is 1. The van der Waals surface area contributed by atoms with E-state index in [1.165, 1.54) is 25.2 Å². The Bertz CT molecular complexity index is 1060. The Morgan fingerprint density at radius 3 is 2.55 bits per heavy atom. The summed E-state index contributed by atoms with van der Waals surface area (Å²) in [6.07, 6.45) is 0.895. The number of amides is 1. The Balaban J connectivity index is 0.000000785. The van der Waals surface area contributed by atoms with Crippen molar-refractivity contribution in [1.82, 2.24) is 9.29 Å². The number of ether oxygens (including phenoxy) is 1. The zero-order valence-electron chi connectivity index (χ0n) is 17.2. The van der Waals surface area contributed by atoms with Gasteiger partial charge in [0.25, 0.3) is 5.91 Å². The van der Waals surface area contributed by atoms with E-state index in [0.717, 1.165) is 29.2 Å². The zero-order valence-corrected chi connectivity index (χ0v) is 18.0. The van der Waals surface area contributed by atoms with Crippen LogP contribution in [0, 0.1) is 11.6 Å². The Hall–Kier alpha value is -3.12. The van der Waals surface area contributed by atoms with Gasteiger partial charge in [-0.05, 0) is 37.3 Å². The molecule has 2 heterocycles. The first kappa shape index (κ1) is 24.2. The molecule has 3 N–H and O–H groups in total. The van der Waals surface area contributed by atoms with Crippen LogP contribution in [0.4, 0.5) is 14.5 Å². The number of nitrogens with two attached hydrogens (primary N) is 1. The number of halogens is 2. The van der Waals surface area contributed by atoms with Crippen molar-refractivity contribution in [3.8, 4) is 0 Å². The number of aliphatic imine (C=N–C) groups is 1. The molecule has 1 amide bonds. The summed E-state index contributed by atoms with van der Waals surface area (Å²) in [6.45, 7) is 2.78. The number of hydrogen-bond donors (Lipinski definition) is 2. The highest BCUT2D eigenvalue weighted by Gasteiger charge is 2.32. The van der Waals surface area contributed by atoms with E-state index in [1.54, 1.807) is 7.11 Å². The summed E-state index contributed by atoms with van der Waals surface area (Å²) in [5, 5.41) is 2.49. The zero-order chi connectivity index (χ0) is 23.2. The minimum absolute atomic E-state index is 0.0282. The molecular formula is C19H23F2N5O4S. The average molecular weight is 455 g/mol. The van der Waals surface area contributed by atoms with Gasteiger partial charge in [-0.3, -0.25) is 4.79 Å². The second kappa shape index (κ2) is 10.3. The summed E-state index contributed by atoms with van der Waals surface area (Å²) in [6, 6.07) is 4.89. The van der Waals surface area contributed by atoms with E-state index < -0.39 is 39.4 Å². The molecule has 0 unspecified atom stereocenters. The van der Waals surface area contributed by atoms with Crippen LogP contribution in [0.3, 0.4) is 0 Å². The molecule has 9 nitrogen and oxygen atoms in total. The van der Waals surface area contributed by atoms with E-state index in [2.05, 4.69) is 20.0 Å². The van der Waals surface area contributed by atoms with Gasteiger partial charge in [0.15, 0.2) is 0 Å². The average Bonchev–Trinajstić information content (AvgIpc) is 2.73. The van der Waals surface area contributed by atoms with E-state index in [-0.39, 0.29) is 22.9 Å². The number of methoxy groups -OCH3 is 1. The van der Waals surface area contributed by atoms with E-state index in [1.807, 2.05) is 6.92 Å². The molecule has 168 valence electrons. The smallest absolute Gasteiger partial charge is 0.274 e. The van der Waals surface area contributed by atoms with E-state index in [9.17, 15) is 22.0 Å². The van der Waals surface area contributed by atoms with Crippen LogP contribution in [0.15, 0.2) is 41.5 Å². The van der Waals surface area contributed by atoms with Crippen molar-refractivity contribution in [2.24, 2.45) is 10.7 Å². The second-order valence-electron chi connectivity index (χ2n) is 6.38. The maximum atomic E-state index is 14.2. The lowest BCUT2D eigenvalue weighted by atomic mass is 10.1. The maximum Gasteiger partial charge on any atom is 0.274 e. The third kappa shape index (κ3) is 6.18. The fourth-order valence-electron chi connectivity index (χ4n) is 2.47. The fraction of sp³-hybridized carbons (Fsp3) is 0.316. The number of guanidine groups is 1. The Morgan fingerprint density at radius 1 is 1.32 bits per heavy atom. The maximum absolute atomic E-state index is 14.2. The summed E-state index contributed by atoms with van der Waals surface area (Å²) in [4.78, 5) is 19.8. The summed E-state index contributed by atoms with van der Waals surface area (Å²) >= 11 is 0. The summed E-state index contributed by atoms with van der Waals surface area (Å²) in [5.74, 6) is -2.62. The lowest BCUT2D eigenvalue weighted by molar-refractivity contribution is 0.102. The standard InChI is InChI=1S/C16H15F2N5O3S.C3H8O/c1-23-16(19)22-14(8-27(23,25)26)11-6-10(3-4-12(11)18)21-15(24)13-5-2-9(17)7-20-13;1-3-4-2/h2-7,14H,8H2,1H3,(H2,19,22)(H,21,24);3H2,1-2H3/t14-;/m0./s1. The van der Waals surface area contributed by atoms with Crippen LogP contribution >= 0.6 is 0 Å². The van der Waals surface area contributed by atoms with Crippen LogP contribution in [0.25, 0.3) is 0 Å². The molecule has 0 radical (unpaired) electrons. The van der Waals surface area contributed by atoms with Crippen molar-refractivity contribution in [2.45, 2.75) is 13.0 Å². The molecular weight excluding hydrogens is 432 g/mol. The third-order valence-electron chi connectivity index (χ3n) is 4.26. The van der Waals surface area contributed by atoms with Crippen LogP contribution in [-0.2, 0) is 14.8 Å². The van der Waals surface area contributed by atoms with Gasteiger partial charge in [0.1, 0.15) is 17.3 Å². The molecule has 1 aliphatic heterocycles. The van der Waals surface area contributed by atoms with Gasteiger partial charge in [0.2, 0.25) is 16.0 Å². The predicted octanol–water partition coefficient (Wildman–Crippen LogP) is 1.90. The van der Waals surface area contributed by atoms with Crippen molar-refractivity contribution in [1.29, 1.82) is 0 Å². The highest BCUT2D eigenvalue weighted by atomic mass is 32.2. The quantitative estimate of drug-likeness (QED) is 0.725. The van der Waals surface area contributed by atoms with Gasteiger partial charge in [-0.2, -0.15) is 0 Å². The Labute approximate surface area is 179 Å². The molecule has 0 aliphatic carbocycles. The minimum atomic E-state index is -3.73. The largest absolute Gasteiger partial charge is 0.385 e. The first-order valence-corrected chi connectivity index (χ1v) is 10.7. The first-order chi connectivity index (χ1) is 14.6. The summed E-state index contributed by atoms with van der Waals surface area (Å²) < 4.78 is 56.7. The SMILES string of the molecule is CCOC.CN1C(N)=N[C@H](c2cc(NC(=O)c3ccc(F)cn3)ccc2F)CS1(=O)=O. The summed E-state index contributed by atoms with van der Waals surface area (Å²) in [7, 11) is -0.792. The van der Waals surface area contributed by atoms with Crippen LogP contribution in [0.5, 0.6) is 0 Å². The van der Waals surface area contributed by atoms with Crippen LogP contribution in [0.1, 0.15) is 29.0 Å². The second-order valence-corrected chi connectivity index (χ2v) is 8.42. The fourth-order valence-corrected chi connectivity index (χ4v) is 3.68. The molecule has 1 aromatic heterocycles. The highest BCUT2D eigenvalue weighted by Crippen LogP contribution is 2.29. The molecule has 2 aromatic rings. The lowest BCUT2D eigenvalue weighted by Gasteiger charge is -2.27. The monoisotopic (exact) mass is 455 g/mol. The van der Waals surface area contributed by atoms with Gasteiger partial charge in [0, 0.05) is 32.0 Å². The van der Waals surface area contributed by atoms with Gasteiger partial charge in [0.05, 0.1) is 18.0 Å². The number of pyridine rings is 1. The summed E-state index contributed by atoms with van der Waals surface area (Å²) in [5.41, 5.74) is 5.74. The number of nitrogens with zero attached hydrogens (tertiary/aromatic N) is 3. The third-order valence-corrected chi connectivity index (χ3v) is 6.02. The van der Waals surface area contributed by atoms with Crippen molar-refractivity contribution < 1.29 is 26.7 Å². The van der Waals surface area contributed by atoms with Crippen molar-refractivity contribution in [2.75, 3.05) is 31.8 Å². The molecule has 0 spiro atoms. The molecule has 0 bridgehead atoms. The van der Waals surface area contributed by atoms with Crippen molar-refractivity contribution in [3.05, 3.63) is 59.4 Å². The van der Waals surface area contributed by atoms with Crippen LogP contribution in [0.2, 0.25) is 0 Å². The Kier molecular flexibility index (Phi) is 8.00. The number of anilines is 1. The number of benzene rings is 1. The number of nitrogens with one attached hydrogen (secondary N) is 1. The highest BCUT2D eigenvalue weighted by molar-refractivity contribution is 7.89. The molecule has 31 heavy (non-hydrogen) atoms. The van der Waals surface area contributed by atoms with Gasteiger partial charge in [-0.15, -0.1) is 0 Å².